The van der Waals surface area contributed by atoms with E-state index in [9.17, 15) is 4.79 Å². The molecule has 2 rings (SSSR count). The van der Waals surface area contributed by atoms with E-state index in [0.29, 0.717) is 12.5 Å². The second kappa shape index (κ2) is 8.89. The van der Waals surface area contributed by atoms with Crippen molar-refractivity contribution in [3.05, 3.63) is 0 Å². The smallest absolute Gasteiger partial charge is 0.221 e. The molecule has 7 heteroatoms. The van der Waals surface area contributed by atoms with Crippen molar-refractivity contribution in [2.75, 3.05) is 11.5 Å². The molecule has 1 N–H and O–H groups in total. The lowest BCUT2D eigenvalue weighted by atomic mass is 9.95. The predicted octanol–water partition coefficient (Wildman–Crippen LogP) is 3.58. The third-order valence-electron chi connectivity index (χ3n) is 3.18. The molecule has 1 aliphatic rings. The summed E-state index contributed by atoms with van der Waals surface area (Å²) in [5.74, 6) is 1.98. The van der Waals surface area contributed by atoms with E-state index < -0.39 is 0 Å². The van der Waals surface area contributed by atoms with Crippen molar-refractivity contribution >= 4 is 40.8 Å². The van der Waals surface area contributed by atoms with Crippen LogP contribution in [0.3, 0.4) is 0 Å². The molecule has 1 heterocycles. The maximum absolute atomic E-state index is 11.8. The predicted molar refractivity (Wildman–Crippen MR) is 86.7 cm³/mol. The molecule has 0 bridgehead atoms. The van der Waals surface area contributed by atoms with Gasteiger partial charge in [-0.15, -0.1) is 10.2 Å². The molecule has 1 aromatic heterocycles. The summed E-state index contributed by atoms with van der Waals surface area (Å²) in [6.45, 7) is 2.11. The largest absolute Gasteiger partial charge is 0.353 e. The van der Waals surface area contributed by atoms with Crippen molar-refractivity contribution in [3.63, 3.8) is 0 Å². The van der Waals surface area contributed by atoms with Crippen LogP contribution in [-0.4, -0.2) is 33.7 Å². The highest BCUT2D eigenvalue weighted by atomic mass is 32.2. The van der Waals surface area contributed by atoms with E-state index in [1.165, 1.54) is 19.3 Å². The SMILES string of the molecule is CCSc1nnc(SCCC(=O)NC2CCCCC2)s1. The number of thioether (sulfide) groups is 2. The number of nitrogens with one attached hydrogen (secondary N) is 1. The minimum Gasteiger partial charge on any atom is -0.353 e. The van der Waals surface area contributed by atoms with Gasteiger partial charge in [-0.05, 0) is 18.6 Å². The highest BCUT2D eigenvalue weighted by molar-refractivity contribution is 8.03. The van der Waals surface area contributed by atoms with Crippen LogP contribution in [0.4, 0.5) is 0 Å². The van der Waals surface area contributed by atoms with Crippen LogP contribution in [-0.2, 0) is 4.79 Å². The molecule has 4 nitrogen and oxygen atoms in total. The normalized spacial score (nSPS) is 16.2. The Morgan fingerprint density at radius 3 is 2.65 bits per heavy atom. The third-order valence-corrected chi connectivity index (χ3v) is 6.25. The summed E-state index contributed by atoms with van der Waals surface area (Å²) >= 11 is 4.96. The maximum atomic E-state index is 11.8. The quantitative estimate of drug-likeness (QED) is 0.774. The Hall–Kier alpha value is -0.270. The van der Waals surface area contributed by atoms with E-state index in [1.807, 2.05) is 0 Å². The average Bonchev–Trinajstić information content (AvgIpc) is 2.88. The first-order valence-electron chi connectivity index (χ1n) is 7.16. The number of carbonyl (C=O) groups excluding carboxylic acids is 1. The van der Waals surface area contributed by atoms with Gasteiger partial charge in [0.15, 0.2) is 8.68 Å². The molecular formula is C13H21N3OS3. The van der Waals surface area contributed by atoms with Crippen LogP contribution in [0.1, 0.15) is 45.4 Å². The number of amides is 1. The molecule has 1 aliphatic carbocycles. The molecule has 1 aromatic rings. The molecule has 1 amide bonds. The summed E-state index contributed by atoms with van der Waals surface area (Å²) in [6, 6.07) is 0.412. The zero-order valence-corrected chi connectivity index (χ0v) is 14.2. The Balaban J connectivity index is 1.62. The maximum Gasteiger partial charge on any atom is 0.221 e. The fraction of sp³-hybridized carbons (Fsp3) is 0.769. The van der Waals surface area contributed by atoms with Gasteiger partial charge in [0.2, 0.25) is 5.91 Å². The third kappa shape index (κ3) is 5.61. The van der Waals surface area contributed by atoms with Crippen molar-refractivity contribution < 1.29 is 4.79 Å². The molecule has 0 atom stereocenters. The van der Waals surface area contributed by atoms with Gasteiger partial charge in [0.25, 0.3) is 0 Å². The van der Waals surface area contributed by atoms with Gasteiger partial charge >= 0.3 is 0 Å². The van der Waals surface area contributed by atoms with Gasteiger partial charge in [-0.25, -0.2) is 0 Å². The van der Waals surface area contributed by atoms with Crippen LogP contribution in [0, 0.1) is 0 Å². The average molecular weight is 332 g/mol. The molecule has 0 saturated heterocycles. The van der Waals surface area contributed by atoms with E-state index in [-0.39, 0.29) is 5.91 Å². The molecule has 0 radical (unpaired) electrons. The van der Waals surface area contributed by atoms with Crippen molar-refractivity contribution in [3.8, 4) is 0 Å². The van der Waals surface area contributed by atoms with Crippen LogP contribution in [0.2, 0.25) is 0 Å². The summed E-state index contributed by atoms with van der Waals surface area (Å²) in [4.78, 5) is 11.8. The van der Waals surface area contributed by atoms with Crippen molar-refractivity contribution in [1.82, 2.24) is 15.5 Å². The number of rotatable bonds is 7. The van der Waals surface area contributed by atoms with E-state index in [4.69, 9.17) is 0 Å². The number of nitrogens with zero attached hydrogens (tertiary/aromatic N) is 2. The van der Waals surface area contributed by atoms with E-state index in [2.05, 4.69) is 22.4 Å². The molecule has 20 heavy (non-hydrogen) atoms. The molecule has 0 aliphatic heterocycles. The van der Waals surface area contributed by atoms with Gasteiger partial charge in [0.1, 0.15) is 0 Å². The van der Waals surface area contributed by atoms with E-state index in [0.717, 1.165) is 33.0 Å². The monoisotopic (exact) mass is 331 g/mol. The summed E-state index contributed by atoms with van der Waals surface area (Å²) in [7, 11) is 0. The second-order valence-corrected chi connectivity index (χ2v) is 8.60. The molecule has 0 spiro atoms. The summed E-state index contributed by atoms with van der Waals surface area (Å²) in [6.07, 6.45) is 6.68. The van der Waals surface area contributed by atoms with Gasteiger partial charge in [0.05, 0.1) is 0 Å². The van der Waals surface area contributed by atoms with Gasteiger partial charge in [-0.2, -0.15) is 0 Å². The van der Waals surface area contributed by atoms with Crippen LogP contribution >= 0.6 is 34.9 Å². The molecule has 0 unspecified atom stereocenters. The van der Waals surface area contributed by atoms with Crippen molar-refractivity contribution in [1.29, 1.82) is 0 Å². The minimum atomic E-state index is 0.178. The standard InChI is InChI=1S/C13H21N3OS3/c1-2-18-12-15-16-13(20-12)19-9-8-11(17)14-10-6-4-3-5-7-10/h10H,2-9H2,1H3,(H,14,17). The van der Waals surface area contributed by atoms with Crippen molar-refractivity contribution in [2.24, 2.45) is 0 Å². The van der Waals surface area contributed by atoms with Crippen LogP contribution in [0.15, 0.2) is 8.68 Å². The summed E-state index contributed by atoms with van der Waals surface area (Å²) in [5.41, 5.74) is 0. The molecule has 112 valence electrons. The summed E-state index contributed by atoms with van der Waals surface area (Å²) in [5, 5.41) is 11.4. The second-order valence-electron chi connectivity index (χ2n) is 4.77. The van der Waals surface area contributed by atoms with Gasteiger partial charge in [0, 0.05) is 18.2 Å². The Labute approximate surface area is 132 Å². The summed E-state index contributed by atoms with van der Waals surface area (Å²) < 4.78 is 1.98. The molecular weight excluding hydrogens is 310 g/mol. The fourth-order valence-corrected chi connectivity index (χ4v) is 5.14. The van der Waals surface area contributed by atoms with Crippen LogP contribution in [0.5, 0.6) is 0 Å². The molecule has 1 saturated carbocycles. The number of hydrogen-bond donors (Lipinski definition) is 1. The first kappa shape index (κ1) is 16.1. The van der Waals surface area contributed by atoms with Gasteiger partial charge in [-0.3, -0.25) is 4.79 Å². The first-order chi connectivity index (χ1) is 9.78. The van der Waals surface area contributed by atoms with Crippen molar-refractivity contribution in [2.45, 2.75) is 60.2 Å². The highest BCUT2D eigenvalue weighted by Gasteiger charge is 2.15. The Kier molecular flexibility index (Phi) is 7.16. The molecule has 1 fully saturated rings. The highest BCUT2D eigenvalue weighted by Crippen LogP contribution is 2.28. The zero-order chi connectivity index (χ0) is 14.2. The lowest BCUT2D eigenvalue weighted by molar-refractivity contribution is -0.121. The van der Waals surface area contributed by atoms with Crippen LogP contribution < -0.4 is 5.32 Å². The van der Waals surface area contributed by atoms with Crippen LogP contribution in [0.25, 0.3) is 0 Å². The Morgan fingerprint density at radius 2 is 1.95 bits per heavy atom. The first-order valence-corrected chi connectivity index (χ1v) is 9.95. The van der Waals surface area contributed by atoms with E-state index in [1.54, 1.807) is 34.9 Å². The lowest BCUT2D eigenvalue weighted by Gasteiger charge is -2.22. The van der Waals surface area contributed by atoms with E-state index >= 15 is 0 Å². The number of carbonyl (C=O) groups is 1. The fourth-order valence-electron chi connectivity index (χ4n) is 2.22. The number of hydrogen-bond acceptors (Lipinski definition) is 6. The number of aromatic nitrogens is 2. The minimum absolute atomic E-state index is 0.178. The van der Waals surface area contributed by atoms with Gasteiger partial charge in [-0.1, -0.05) is 61.0 Å². The Bertz CT molecular complexity index is 419. The lowest BCUT2D eigenvalue weighted by Crippen LogP contribution is -2.36. The molecule has 0 aromatic carbocycles. The Morgan fingerprint density at radius 1 is 1.25 bits per heavy atom. The van der Waals surface area contributed by atoms with Gasteiger partial charge < -0.3 is 5.32 Å². The topological polar surface area (TPSA) is 54.9 Å². The zero-order valence-electron chi connectivity index (χ0n) is 11.8.